The Bertz CT molecular complexity index is 1380. The van der Waals surface area contributed by atoms with Gasteiger partial charge in [-0.15, -0.1) is 0 Å². The Morgan fingerprint density at radius 2 is 1.79 bits per heavy atom. The van der Waals surface area contributed by atoms with Crippen molar-refractivity contribution in [2.24, 2.45) is 7.05 Å². The normalized spacial score (nSPS) is 11.3. The maximum atomic E-state index is 13.0. The number of rotatable bonds is 2. The van der Waals surface area contributed by atoms with E-state index in [0.29, 0.717) is 5.69 Å². The summed E-state index contributed by atoms with van der Waals surface area (Å²) in [6, 6.07) is 17.3. The molecular weight excluding hydrogens is 350 g/mol. The highest BCUT2D eigenvalue weighted by molar-refractivity contribution is 6.04. The van der Waals surface area contributed by atoms with Crippen LogP contribution in [0.4, 0.5) is 5.69 Å². The summed E-state index contributed by atoms with van der Waals surface area (Å²) in [7, 11) is 1.76. The zero-order valence-electron chi connectivity index (χ0n) is 15.2. The first-order valence-electron chi connectivity index (χ1n) is 8.90. The van der Waals surface area contributed by atoms with Crippen molar-refractivity contribution in [3.8, 4) is 16.8 Å². The number of fused-ring (bicyclic) bond motifs is 3. The molecule has 3 heterocycles. The SMILES string of the molecule is Cn1c(=O)n(-c2ccc(N)cc2)c2c3cc(-c4cccnc4)ccc3ncc21. The molecule has 5 aromatic rings. The predicted octanol–water partition coefficient (Wildman–Crippen LogP) is 3.52. The second-order valence-electron chi connectivity index (χ2n) is 6.73. The van der Waals surface area contributed by atoms with E-state index < -0.39 is 0 Å². The largest absolute Gasteiger partial charge is 0.399 e. The van der Waals surface area contributed by atoms with Crippen LogP contribution >= 0.6 is 0 Å². The number of aryl methyl sites for hydroxylation is 1. The van der Waals surface area contributed by atoms with Crippen LogP contribution in [0, 0.1) is 0 Å². The van der Waals surface area contributed by atoms with Gasteiger partial charge in [-0.1, -0.05) is 12.1 Å². The predicted molar refractivity (Wildman–Crippen MR) is 111 cm³/mol. The van der Waals surface area contributed by atoms with Crippen molar-refractivity contribution in [3.05, 3.63) is 83.7 Å². The van der Waals surface area contributed by atoms with Crippen LogP contribution in [-0.4, -0.2) is 19.1 Å². The summed E-state index contributed by atoms with van der Waals surface area (Å²) in [6.45, 7) is 0. The Balaban J connectivity index is 1.89. The van der Waals surface area contributed by atoms with Crippen molar-refractivity contribution >= 4 is 27.6 Å². The molecule has 0 aliphatic carbocycles. The van der Waals surface area contributed by atoms with E-state index in [9.17, 15) is 4.79 Å². The lowest BCUT2D eigenvalue weighted by molar-refractivity contribution is 0.846. The molecule has 6 nitrogen and oxygen atoms in total. The molecule has 3 aromatic heterocycles. The molecule has 0 saturated carbocycles. The number of benzene rings is 2. The number of nitrogens with zero attached hydrogens (tertiary/aromatic N) is 4. The van der Waals surface area contributed by atoms with E-state index >= 15 is 0 Å². The number of nitrogens with two attached hydrogens (primary N) is 1. The molecule has 0 aliphatic heterocycles. The van der Waals surface area contributed by atoms with Crippen LogP contribution in [-0.2, 0) is 7.05 Å². The molecule has 0 aliphatic rings. The summed E-state index contributed by atoms with van der Waals surface area (Å²) >= 11 is 0. The summed E-state index contributed by atoms with van der Waals surface area (Å²) < 4.78 is 3.33. The van der Waals surface area contributed by atoms with Gasteiger partial charge < -0.3 is 5.73 Å². The van der Waals surface area contributed by atoms with Crippen LogP contribution < -0.4 is 11.4 Å². The standard InChI is InChI=1S/C22H17N5O/c1-26-20-13-25-19-9-4-14(15-3-2-10-24-12-15)11-18(19)21(20)27(22(26)28)17-7-5-16(23)6-8-17/h2-13H,23H2,1H3. The monoisotopic (exact) mass is 367 g/mol. The summed E-state index contributed by atoms with van der Waals surface area (Å²) in [6.07, 6.45) is 5.32. The van der Waals surface area contributed by atoms with Gasteiger partial charge in [0, 0.05) is 36.1 Å². The number of hydrogen-bond acceptors (Lipinski definition) is 4. The zero-order valence-corrected chi connectivity index (χ0v) is 15.2. The van der Waals surface area contributed by atoms with E-state index in [-0.39, 0.29) is 5.69 Å². The maximum absolute atomic E-state index is 13.0. The van der Waals surface area contributed by atoms with Gasteiger partial charge in [-0.3, -0.25) is 19.1 Å². The van der Waals surface area contributed by atoms with Gasteiger partial charge in [-0.2, -0.15) is 0 Å². The second kappa shape index (κ2) is 6.06. The van der Waals surface area contributed by atoms with Crippen LogP contribution in [0.1, 0.15) is 0 Å². The van der Waals surface area contributed by atoms with Gasteiger partial charge in [0.15, 0.2) is 0 Å². The first-order valence-corrected chi connectivity index (χ1v) is 8.90. The molecule has 0 atom stereocenters. The van der Waals surface area contributed by atoms with Crippen LogP contribution in [0.2, 0.25) is 0 Å². The molecule has 0 bridgehead atoms. The highest BCUT2D eigenvalue weighted by Gasteiger charge is 2.16. The molecule has 2 N–H and O–H groups in total. The van der Waals surface area contributed by atoms with Gasteiger partial charge >= 0.3 is 5.69 Å². The molecule has 0 unspecified atom stereocenters. The topological polar surface area (TPSA) is 78.7 Å². The fourth-order valence-electron chi connectivity index (χ4n) is 3.57. The van der Waals surface area contributed by atoms with Crippen LogP contribution in [0.25, 0.3) is 38.8 Å². The van der Waals surface area contributed by atoms with E-state index in [0.717, 1.165) is 38.8 Å². The van der Waals surface area contributed by atoms with E-state index in [1.54, 1.807) is 40.7 Å². The van der Waals surface area contributed by atoms with Crippen LogP contribution in [0.5, 0.6) is 0 Å². The maximum Gasteiger partial charge on any atom is 0.333 e. The van der Waals surface area contributed by atoms with Crippen LogP contribution in [0.15, 0.2) is 78.0 Å². The van der Waals surface area contributed by atoms with Gasteiger partial charge in [0.05, 0.1) is 28.4 Å². The minimum absolute atomic E-state index is 0.124. The number of nitrogen functional groups attached to an aromatic ring is 1. The lowest BCUT2D eigenvalue weighted by Gasteiger charge is -2.08. The third-order valence-electron chi connectivity index (χ3n) is 5.03. The number of imidazole rings is 1. The summed E-state index contributed by atoms with van der Waals surface area (Å²) in [5.41, 5.74) is 11.6. The zero-order chi connectivity index (χ0) is 19.3. The minimum Gasteiger partial charge on any atom is -0.399 e. The average molecular weight is 367 g/mol. The Morgan fingerprint density at radius 1 is 0.964 bits per heavy atom. The Labute approximate surface area is 160 Å². The van der Waals surface area contributed by atoms with Gasteiger partial charge in [-0.05, 0) is 48.0 Å². The second-order valence-corrected chi connectivity index (χ2v) is 6.73. The molecule has 136 valence electrons. The highest BCUT2D eigenvalue weighted by Crippen LogP contribution is 2.29. The molecule has 28 heavy (non-hydrogen) atoms. The first-order chi connectivity index (χ1) is 13.6. The molecule has 0 radical (unpaired) electrons. The summed E-state index contributed by atoms with van der Waals surface area (Å²) in [5, 5.41) is 0.911. The third kappa shape index (κ3) is 2.39. The molecule has 5 rings (SSSR count). The van der Waals surface area contributed by atoms with E-state index in [1.807, 2.05) is 42.6 Å². The van der Waals surface area contributed by atoms with Crippen molar-refractivity contribution in [3.63, 3.8) is 0 Å². The molecule has 0 spiro atoms. The average Bonchev–Trinajstić information content (AvgIpc) is 3.00. The van der Waals surface area contributed by atoms with Crippen molar-refractivity contribution in [2.75, 3.05) is 5.73 Å². The summed E-state index contributed by atoms with van der Waals surface area (Å²) in [4.78, 5) is 21.8. The van der Waals surface area contributed by atoms with Crippen molar-refractivity contribution in [1.82, 2.24) is 19.1 Å². The summed E-state index contributed by atoms with van der Waals surface area (Å²) in [5.74, 6) is 0. The Kier molecular flexibility index (Phi) is 3.52. The van der Waals surface area contributed by atoms with Gasteiger partial charge in [0.25, 0.3) is 0 Å². The molecule has 0 fully saturated rings. The first kappa shape index (κ1) is 16.3. The molecule has 0 saturated heterocycles. The lowest BCUT2D eigenvalue weighted by atomic mass is 10.0. The quantitative estimate of drug-likeness (QED) is 0.484. The van der Waals surface area contributed by atoms with Crippen molar-refractivity contribution in [1.29, 1.82) is 0 Å². The highest BCUT2D eigenvalue weighted by atomic mass is 16.1. The molecule has 6 heteroatoms. The minimum atomic E-state index is -0.124. The number of anilines is 1. The van der Waals surface area contributed by atoms with E-state index in [1.165, 1.54) is 0 Å². The number of hydrogen-bond donors (Lipinski definition) is 1. The smallest absolute Gasteiger partial charge is 0.333 e. The molecular formula is C22H17N5O. The third-order valence-corrected chi connectivity index (χ3v) is 5.03. The van der Waals surface area contributed by atoms with Gasteiger partial charge in [0.2, 0.25) is 0 Å². The van der Waals surface area contributed by atoms with Crippen molar-refractivity contribution < 1.29 is 0 Å². The molecule has 2 aromatic carbocycles. The number of aromatic nitrogens is 4. The molecule has 0 amide bonds. The fraction of sp³-hybridized carbons (Fsp3) is 0.0455. The Hall–Kier alpha value is -3.93. The Morgan fingerprint density at radius 3 is 2.54 bits per heavy atom. The lowest BCUT2D eigenvalue weighted by Crippen LogP contribution is -2.20. The van der Waals surface area contributed by atoms with E-state index in [4.69, 9.17) is 5.73 Å². The van der Waals surface area contributed by atoms with Gasteiger partial charge in [0.1, 0.15) is 0 Å². The van der Waals surface area contributed by atoms with E-state index in [2.05, 4.69) is 16.0 Å². The van der Waals surface area contributed by atoms with Crippen LogP contribution in [0.3, 0.4) is 0 Å². The number of pyridine rings is 2. The van der Waals surface area contributed by atoms with Crippen molar-refractivity contribution in [2.45, 2.75) is 0 Å². The van der Waals surface area contributed by atoms with Gasteiger partial charge in [-0.25, -0.2) is 4.79 Å². The fourth-order valence-corrected chi connectivity index (χ4v) is 3.57.